The topological polar surface area (TPSA) is 49.3 Å². The van der Waals surface area contributed by atoms with Gasteiger partial charge in [0.25, 0.3) is 0 Å². The molecule has 0 saturated heterocycles. The van der Waals surface area contributed by atoms with E-state index in [1.807, 2.05) is 24.3 Å². The zero-order chi connectivity index (χ0) is 13.8. The zero-order valence-corrected chi connectivity index (χ0v) is 13.0. The molecule has 2 rings (SSSR count). The van der Waals surface area contributed by atoms with Crippen molar-refractivity contribution in [3.8, 4) is 0 Å². The third kappa shape index (κ3) is 3.58. The number of hydrogen-bond acceptors (Lipinski definition) is 2. The van der Waals surface area contributed by atoms with Crippen LogP contribution in [-0.4, -0.2) is 11.1 Å². The lowest BCUT2D eigenvalue weighted by atomic mass is 10.1. The van der Waals surface area contributed by atoms with Gasteiger partial charge < -0.3 is 10.4 Å². The molecule has 2 N–H and O–H groups in total. The standard InChI is InChI=1S/C14H11Br2NO2/c15-10-6-4-9(5-7-10)8-17-12-3-1-2-11(16)13(12)14(18)19/h1-7,17H,8H2,(H,18,19). The molecule has 0 saturated carbocycles. The molecule has 0 aliphatic rings. The lowest BCUT2D eigenvalue weighted by Crippen LogP contribution is -2.07. The third-order valence-corrected chi connectivity index (χ3v) is 3.81. The van der Waals surface area contributed by atoms with Crippen molar-refractivity contribution in [2.45, 2.75) is 6.54 Å². The summed E-state index contributed by atoms with van der Waals surface area (Å²) in [6.45, 7) is 0.573. The highest BCUT2D eigenvalue weighted by Gasteiger charge is 2.13. The van der Waals surface area contributed by atoms with Crippen molar-refractivity contribution in [1.82, 2.24) is 0 Å². The smallest absolute Gasteiger partial charge is 0.338 e. The maximum absolute atomic E-state index is 11.2. The van der Waals surface area contributed by atoms with Gasteiger partial charge in [-0.3, -0.25) is 0 Å². The summed E-state index contributed by atoms with van der Waals surface area (Å²) in [5.41, 5.74) is 1.93. The van der Waals surface area contributed by atoms with Gasteiger partial charge in [0.1, 0.15) is 0 Å². The molecule has 0 aliphatic carbocycles. The first kappa shape index (κ1) is 14.1. The van der Waals surface area contributed by atoms with E-state index in [-0.39, 0.29) is 5.56 Å². The van der Waals surface area contributed by atoms with Gasteiger partial charge in [0.05, 0.1) is 11.3 Å². The molecular formula is C14H11Br2NO2. The second-order valence-corrected chi connectivity index (χ2v) is 5.72. The van der Waals surface area contributed by atoms with Crippen LogP contribution < -0.4 is 5.32 Å². The fraction of sp³-hybridized carbons (Fsp3) is 0.0714. The first-order chi connectivity index (χ1) is 9.08. The van der Waals surface area contributed by atoms with E-state index in [0.29, 0.717) is 16.7 Å². The molecule has 2 aromatic rings. The molecule has 0 radical (unpaired) electrons. The van der Waals surface area contributed by atoms with E-state index in [1.165, 1.54) is 0 Å². The monoisotopic (exact) mass is 383 g/mol. The Kier molecular flexibility index (Phi) is 4.61. The quantitative estimate of drug-likeness (QED) is 0.814. The normalized spacial score (nSPS) is 10.2. The molecule has 0 bridgehead atoms. The summed E-state index contributed by atoms with van der Waals surface area (Å²) >= 11 is 6.63. The van der Waals surface area contributed by atoms with Crippen LogP contribution in [0.1, 0.15) is 15.9 Å². The maximum Gasteiger partial charge on any atom is 0.338 e. The number of anilines is 1. The fourth-order valence-electron chi connectivity index (χ4n) is 1.69. The summed E-state index contributed by atoms with van der Waals surface area (Å²) in [7, 11) is 0. The molecule has 19 heavy (non-hydrogen) atoms. The van der Waals surface area contributed by atoms with E-state index >= 15 is 0 Å². The number of hydrogen-bond donors (Lipinski definition) is 2. The van der Waals surface area contributed by atoms with Gasteiger partial charge in [0.2, 0.25) is 0 Å². The number of rotatable bonds is 4. The first-order valence-corrected chi connectivity index (χ1v) is 7.16. The molecule has 0 amide bonds. The maximum atomic E-state index is 11.2. The largest absolute Gasteiger partial charge is 0.478 e. The van der Waals surface area contributed by atoms with Gasteiger partial charge in [0, 0.05) is 15.5 Å². The molecule has 5 heteroatoms. The van der Waals surface area contributed by atoms with E-state index in [0.717, 1.165) is 10.0 Å². The summed E-state index contributed by atoms with van der Waals surface area (Å²) in [6.07, 6.45) is 0. The molecule has 0 unspecified atom stereocenters. The highest BCUT2D eigenvalue weighted by Crippen LogP contribution is 2.25. The van der Waals surface area contributed by atoms with Crippen molar-refractivity contribution >= 4 is 43.5 Å². The van der Waals surface area contributed by atoms with Crippen molar-refractivity contribution in [1.29, 1.82) is 0 Å². The molecule has 0 atom stereocenters. The van der Waals surface area contributed by atoms with Crippen LogP contribution in [0.15, 0.2) is 51.4 Å². The molecule has 0 aromatic heterocycles. The van der Waals surface area contributed by atoms with Crippen LogP contribution in [0.5, 0.6) is 0 Å². The van der Waals surface area contributed by atoms with Gasteiger partial charge in [-0.05, 0) is 45.8 Å². The van der Waals surface area contributed by atoms with E-state index in [9.17, 15) is 9.90 Å². The summed E-state index contributed by atoms with van der Waals surface area (Å²) in [5.74, 6) is -0.953. The molecular weight excluding hydrogens is 374 g/mol. The number of halogens is 2. The highest BCUT2D eigenvalue weighted by molar-refractivity contribution is 9.10. The van der Waals surface area contributed by atoms with Crippen molar-refractivity contribution in [3.63, 3.8) is 0 Å². The minimum absolute atomic E-state index is 0.250. The average Bonchev–Trinajstić information content (AvgIpc) is 2.37. The Bertz CT molecular complexity index is 597. The Labute approximate surface area is 127 Å². The number of benzene rings is 2. The Morgan fingerprint density at radius 2 is 1.79 bits per heavy atom. The predicted molar refractivity (Wildman–Crippen MR) is 82.6 cm³/mol. The third-order valence-electron chi connectivity index (χ3n) is 2.62. The number of nitrogens with one attached hydrogen (secondary N) is 1. The van der Waals surface area contributed by atoms with Crippen LogP contribution in [0.3, 0.4) is 0 Å². The first-order valence-electron chi connectivity index (χ1n) is 5.58. The SMILES string of the molecule is O=C(O)c1c(Br)cccc1NCc1ccc(Br)cc1. The molecule has 0 fully saturated rings. The molecule has 2 aromatic carbocycles. The number of aromatic carboxylic acids is 1. The van der Waals surface area contributed by atoms with E-state index in [1.54, 1.807) is 18.2 Å². The highest BCUT2D eigenvalue weighted by atomic mass is 79.9. The Balaban J connectivity index is 2.18. The summed E-state index contributed by atoms with van der Waals surface area (Å²) < 4.78 is 1.59. The summed E-state index contributed by atoms with van der Waals surface area (Å²) in [4.78, 5) is 11.2. The lowest BCUT2D eigenvalue weighted by Gasteiger charge is -2.11. The van der Waals surface area contributed by atoms with Crippen molar-refractivity contribution in [2.24, 2.45) is 0 Å². The number of carboxylic acids is 1. The van der Waals surface area contributed by atoms with Crippen LogP contribution >= 0.6 is 31.9 Å². The van der Waals surface area contributed by atoms with E-state index in [4.69, 9.17) is 0 Å². The lowest BCUT2D eigenvalue weighted by molar-refractivity contribution is 0.0697. The Morgan fingerprint density at radius 1 is 1.11 bits per heavy atom. The van der Waals surface area contributed by atoms with Gasteiger partial charge in [-0.2, -0.15) is 0 Å². The van der Waals surface area contributed by atoms with Crippen LogP contribution in [0, 0.1) is 0 Å². The Hall–Kier alpha value is -1.33. The van der Waals surface area contributed by atoms with Crippen LogP contribution in [0.4, 0.5) is 5.69 Å². The summed E-state index contributed by atoms with van der Waals surface area (Å²) in [6, 6.07) is 13.2. The van der Waals surface area contributed by atoms with Gasteiger partial charge in [-0.1, -0.05) is 34.1 Å². The molecule has 0 spiro atoms. The van der Waals surface area contributed by atoms with Gasteiger partial charge in [-0.15, -0.1) is 0 Å². The number of carboxylic acid groups (broad SMARTS) is 1. The van der Waals surface area contributed by atoms with Crippen LogP contribution in [0.2, 0.25) is 0 Å². The predicted octanol–water partition coefficient (Wildman–Crippen LogP) is 4.52. The minimum atomic E-state index is -0.953. The minimum Gasteiger partial charge on any atom is -0.478 e. The Morgan fingerprint density at radius 3 is 2.42 bits per heavy atom. The van der Waals surface area contributed by atoms with Crippen LogP contribution in [-0.2, 0) is 6.54 Å². The van der Waals surface area contributed by atoms with Crippen molar-refractivity contribution in [2.75, 3.05) is 5.32 Å². The zero-order valence-electron chi connectivity index (χ0n) is 9.86. The van der Waals surface area contributed by atoms with E-state index < -0.39 is 5.97 Å². The van der Waals surface area contributed by atoms with Gasteiger partial charge >= 0.3 is 5.97 Å². The molecule has 0 aliphatic heterocycles. The molecule has 3 nitrogen and oxygen atoms in total. The van der Waals surface area contributed by atoms with Gasteiger partial charge in [0.15, 0.2) is 0 Å². The van der Waals surface area contributed by atoms with Crippen molar-refractivity contribution < 1.29 is 9.90 Å². The van der Waals surface area contributed by atoms with Gasteiger partial charge in [-0.25, -0.2) is 4.79 Å². The van der Waals surface area contributed by atoms with Crippen molar-refractivity contribution in [3.05, 3.63) is 62.5 Å². The average molecular weight is 385 g/mol. The second-order valence-electron chi connectivity index (χ2n) is 3.95. The number of carbonyl (C=O) groups is 1. The van der Waals surface area contributed by atoms with E-state index in [2.05, 4.69) is 37.2 Å². The molecule has 98 valence electrons. The molecule has 0 heterocycles. The summed E-state index contributed by atoms with van der Waals surface area (Å²) in [5, 5.41) is 12.3. The fourth-order valence-corrected chi connectivity index (χ4v) is 2.49. The second kappa shape index (κ2) is 6.21. The van der Waals surface area contributed by atoms with Crippen LogP contribution in [0.25, 0.3) is 0 Å².